The molecule has 4 nitrogen and oxygen atoms in total. The van der Waals surface area contributed by atoms with E-state index >= 15 is 0 Å². The van der Waals surface area contributed by atoms with Crippen LogP contribution in [0, 0.1) is 0 Å². The molecule has 0 radical (unpaired) electrons. The fraction of sp³-hybridized carbons (Fsp3) is 0.250. The van der Waals surface area contributed by atoms with Crippen LogP contribution in [0.1, 0.15) is 38.5 Å². The van der Waals surface area contributed by atoms with Crippen molar-refractivity contribution in [2.24, 2.45) is 0 Å². The summed E-state index contributed by atoms with van der Waals surface area (Å²) in [4.78, 5) is 24.3. The van der Waals surface area contributed by atoms with Gasteiger partial charge in [-0.1, -0.05) is 48.6 Å². The Bertz CT molecular complexity index is 753. The Hall–Kier alpha value is -3.14. The highest BCUT2D eigenvalue weighted by atomic mass is 16.5. The first-order valence-corrected chi connectivity index (χ1v) is 9.47. The van der Waals surface area contributed by atoms with E-state index in [0.29, 0.717) is 48.3 Å². The first kappa shape index (κ1) is 21.2. The number of para-hydroxylation sites is 2. The van der Waals surface area contributed by atoms with E-state index in [9.17, 15) is 9.59 Å². The molecule has 0 unspecified atom stereocenters. The third-order valence-electron chi connectivity index (χ3n) is 4.09. The van der Waals surface area contributed by atoms with Gasteiger partial charge >= 0.3 is 11.9 Å². The van der Waals surface area contributed by atoms with E-state index in [1.807, 2.05) is 24.3 Å². The van der Waals surface area contributed by atoms with Crippen LogP contribution in [0.2, 0.25) is 0 Å². The van der Waals surface area contributed by atoms with Crippen molar-refractivity contribution in [1.82, 2.24) is 0 Å². The van der Waals surface area contributed by atoms with Gasteiger partial charge in [-0.3, -0.25) is 9.59 Å². The highest BCUT2D eigenvalue weighted by Crippen LogP contribution is 2.36. The lowest BCUT2D eigenvalue weighted by Crippen LogP contribution is -2.10. The summed E-state index contributed by atoms with van der Waals surface area (Å²) in [5, 5.41) is 0. The molecule has 0 aliphatic carbocycles. The second-order valence-electron chi connectivity index (χ2n) is 6.30. The number of allylic oxidation sites excluding steroid dienone is 2. The zero-order valence-corrected chi connectivity index (χ0v) is 16.1. The summed E-state index contributed by atoms with van der Waals surface area (Å²) < 4.78 is 11.1. The van der Waals surface area contributed by atoms with E-state index in [4.69, 9.17) is 9.47 Å². The monoisotopic (exact) mass is 378 g/mol. The predicted octanol–water partition coefficient (Wildman–Crippen LogP) is 5.88. The van der Waals surface area contributed by atoms with Crippen LogP contribution in [0.15, 0.2) is 73.8 Å². The number of benzene rings is 2. The van der Waals surface area contributed by atoms with E-state index in [-0.39, 0.29) is 11.9 Å². The van der Waals surface area contributed by atoms with Crippen molar-refractivity contribution in [1.29, 1.82) is 0 Å². The van der Waals surface area contributed by atoms with E-state index < -0.39 is 0 Å². The molecule has 2 aromatic rings. The molecule has 2 rings (SSSR count). The number of unbranched alkanes of at least 4 members (excludes halogenated alkanes) is 2. The fourth-order valence-electron chi connectivity index (χ4n) is 2.69. The Morgan fingerprint density at radius 3 is 1.50 bits per heavy atom. The van der Waals surface area contributed by atoms with Crippen LogP contribution in [0.5, 0.6) is 11.5 Å². The number of carbonyl (C=O) groups is 2. The van der Waals surface area contributed by atoms with Gasteiger partial charge < -0.3 is 9.47 Å². The molecule has 146 valence electrons. The zero-order valence-electron chi connectivity index (χ0n) is 16.1. The van der Waals surface area contributed by atoms with Crippen molar-refractivity contribution < 1.29 is 19.1 Å². The molecular formula is C24H26O4. The molecule has 0 saturated heterocycles. The summed E-state index contributed by atoms with van der Waals surface area (Å²) in [7, 11) is 0. The Morgan fingerprint density at radius 1 is 0.714 bits per heavy atom. The van der Waals surface area contributed by atoms with Crippen molar-refractivity contribution in [3.8, 4) is 22.6 Å². The van der Waals surface area contributed by atoms with Crippen LogP contribution in [-0.4, -0.2) is 11.9 Å². The van der Waals surface area contributed by atoms with Crippen molar-refractivity contribution in [3.63, 3.8) is 0 Å². The van der Waals surface area contributed by atoms with Gasteiger partial charge in [0.1, 0.15) is 11.5 Å². The molecule has 0 aliphatic rings. The van der Waals surface area contributed by atoms with Gasteiger partial charge in [0.05, 0.1) is 0 Å². The molecule has 28 heavy (non-hydrogen) atoms. The lowest BCUT2D eigenvalue weighted by molar-refractivity contribution is -0.135. The Balaban J connectivity index is 2.19. The number of carbonyl (C=O) groups excluding carboxylic acids is 2. The SMILES string of the molecule is C=CCCCC(=O)Oc1ccccc1-c1ccccc1OC(=O)CCCC=C. The van der Waals surface area contributed by atoms with Crippen molar-refractivity contribution in [2.45, 2.75) is 38.5 Å². The maximum atomic E-state index is 12.1. The van der Waals surface area contributed by atoms with Gasteiger partial charge in [-0.15, -0.1) is 13.2 Å². The molecule has 0 aromatic heterocycles. The Morgan fingerprint density at radius 2 is 1.11 bits per heavy atom. The number of rotatable bonds is 11. The lowest BCUT2D eigenvalue weighted by Gasteiger charge is -2.14. The largest absolute Gasteiger partial charge is 0.426 e. The van der Waals surface area contributed by atoms with E-state index in [1.54, 1.807) is 36.4 Å². The number of ether oxygens (including phenoxy) is 2. The Labute approximate surface area is 166 Å². The van der Waals surface area contributed by atoms with E-state index in [2.05, 4.69) is 13.2 Å². The number of hydrogen-bond acceptors (Lipinski definition) is 4. The highest BCUT2D eigenvalue weighted by molar-refractivity contribution is 5.82. The summed E-state index contributed by atoms with van der Waals surface area (Å²) >= 11 is 0. The van der Waals surface area contributed by atoms with Gasteiger partial charge in [-0.05, 0) is 37.8 Å². The summed E-state index contributed by atoms with van der Waals surface area (Å²) in [6.07, 6.45) is 7.12. The van der Waals surface area contributed by atoms with Crippen molar-refractivity contribution >= 4 is 11.9 Å². The average molecular weight is 378 g/mol. The molecule has 0 bridgehead atoms. The smallest absolute Gasteiger partial charge is 0.311 e. The van der Waals surface area contributed by atoms with Crippen LogP contribution in [0.25, 0.3) is 11.1 Å². The average Bonchev–Trinajstić information content (AvgIpc) is 2.69. The van der Waals surface area contributed by atoms with Crippen LogP contribution in [-0.2, 0) is 9.59 Å². The second kappa shape index (κ2) is 11.5. The van der Waals surface area contributed by atoms with Crippen LogP contribution in [0.3, 0.4) is 0 Å². The molecule has 0 atom stereocenters. The first-order chi connectivity index (χ1) is 13.7. The van der Waals surface area contributed by atoms with Gasteiger partial charge in [0.2, 0.25) is 0 Å². The lowest BCUT2D eigenvalue weighted by atomic mass is 10.0. The molecule has 2 aromatic carbocycles. The first-order valence-electron chi connectivity index (χ1n) is 9.47. The number of hydrogen-bond donors (Lipinski definition) is 0. The third kappa shape index (κ3) is 6.54. The van der Waals surface area contributed by atoms with Crippen molar-refractivity contribution in [3.05, 3.63) is 73.8 Å². The van der Waals surface area contributed by atoms with E-state index in [0.717, 1.165) is 12.8 Å². The van der Waals surface area contributed by atoms with E-state index in [1.165, 1.54) is 0 Å². The molecule has 0 heterocycles. The maximum Gasteiger partial charge on any atom is 0.311 e. The molecule has 0 spiro atoms. The number of esters is 2. The Kier molecular flexibility index (Phi) is 8.73. The minimum atomic E-state index is -0.298. The molecule has 0 N–H and O–H groups in total. The van der Waals surface area contributed by atoms with Crippen molar-refractivity contribution in [2.75, 3.05) is 0 Å². The molecule has 0 saturated carbocycles. The van der Waals surface area contributed by atoms with Gasteiger partial charge in [-0.2, -0.15) is 0 Å². The summed E-state index contributed by atoms with van der Waals surface area (Å²) in [5.41, 5.74) is 1.41. The topological polar surface area (TPSA) is 52.6 Å². The summed E-state index contributed by atoms with van der Waals surface area (Å²) in [6.45, 7) is 7.31. The minimum absolute atomic E-state index is 0.298. The fourth-order valence-corrected chi connectivity index (χ4v) is 2.69. The van der Waals surface area contributed by atoms with Gasteiger partial charge in [0.15, 0.2) is 0 Å². The quantitative estimate of drug-likeness (QED) is 0.212. The standard InChI is InChI=1S/C24H26O4/c1-3-5-7-17-23(25)27-21-15-11-9-13-19(21)20-14-10-12-16-22(20)28-24(26)18-8-6-4-2/h3-4,9-16H,1-2,5-8,17-18H2. The predicted molar refractivity (Wildman–Crippen MR) is 111 cm³/mol. The molecule has 0 aliphatic heterocycles. The molecular weight excluding hydrogens is 352 g/mol. The normalized spacial score (nSPS) is 10.1. The highest BCUT2D eigenvalue weighted by Gasteiger charge is 2.15. The maximum absolute atomic E-state index is 12.1. The minimum Gasteiger partial charge on any atom is -0.426 e. The molecule has 0 fully saturated rings. The second-order valence-corrected chi connectivity index (χ2v) is 6.30. The summed E-state index contributed by atoms with van der Waals surface area (Å²) in [6, 6.07) is 14.5. The van der Waals surface area contributed by atoms with Crippen LogP contribution < -0.4 is 9.47 Å². The zero-order chi connectivity index (χ0) is 20.2. The van der Waals surface area contributed by atoms with Gasteiger partial charge in [-0.25, -0.2) is 0 Å². The molecule has 4 heteroatoms. The molecule has 0 amide bonds. The summed E-state index contributed by atoms with van der Waals surface area (Å²) in [5.74, 6) is 0.295. The van der Waals surface area contributed by atoms with Gasteiger partial charge in [0, 0.05) is 24.0 Å². The van der Waals surface area contributed by atoms with Crippen LogP contribution in [0.4, 0.5) is 0 Å². The third-order valence-corrected chi connectivity index (χ3v) is 4.09. The van der Waals surface area contributed by atoms with Crippen LogP contribution >= 0.6 is 0 Å². The van der Waals surface area contributed by atoms with Gasteiger partial charge in [0.25, 0.3) is 0 Å².